The van der Waals surface area contributed by atoms with E-state index in [1.165, 1.54) is 25.6 Å². The standard InChI is InChI=1S/C22H26N2O5S2/c1-12-20(21(27)24-23-12)22(30)31-10-4-5-15-6-7-16-17(11-15)19(29-14(3)26)9-8-18(16)28-13(2)25/h8-9,15H,4-7,10-11H2,1-3H3,(H2,23,24,27). The van der Waals surface area contributed by atoms with Crippen LogP contribution in [0, 0.1) is 12.8 Å². The molecule has 1 aromatic heterocycles. The van der Waals surface area contributed by atoms with E-state index in [0.717, 1.165) is 54.7 Å². The van der Waals surface area contributed by atoms with Gasteiger partial charge in [0.2, 0.25) is 0 Å². The Hall–Kier alpha value is -2.39. The molecule has 0 aliphatic heterocycles. The number of aryl methyl sites for hydroxylation is 1. The first-order valence-electron chi connectivity index (χ1n) is 10.2. The third kappa shape index (κ3) is 5.86. The maximum Gasteiger partial charge on any atom is 0.308 e. The van der Waals surface area contributed by atoms with Crippen molar-refractivity contribution in [2.75, 3.05) is 5.75 Å². The van der Waals surface area contributed by atoms with E-state index in [9.17, 15) is 14.4 Å². The van der Waals surface area contributed by atoms with Crippen molar-refractivity contribution in [2.24, 2.45) is 5.92 Å². The lowest BCUT2D eigenvalue weighted by molar-refractivity contribution is -0.133. The maximum absolute atomic E-state index is 11.8. The topological polar surface area (TPSA) is 101 Å². The maximum atomic E-state index is 11.8. The number of carbonyl (C=O) groups is 2. The Bertz CT molecular complexity index is 1060. The molecule has 0 radical (unpaired) electrons. The molecule has 7 nitrogen and oxygen atoms in total. The highest BCUT2D eigenvalue weighted by molar-refractivity contribution is 8.23. The number of fused-ring (bicyclic) bond motifs is 1. The molecule has 0 saturated heterocycles. The molecule has 31 heavy (non-hydrogen) atoms. The van der Waals surface area contributed by atoms with E-state index in [2.05, 4.69) is 10.2 Å². The van der Waals surface area contributed by atoms with Gasteiger partial charge in [-0.1, -0.05) is 12.2 Å². The number of nitrogens with one attached hydrogen (secondary N) is 2. The molecule has 0 amide bonds. The molecule has 1 aliphatic rings. The zero-order valence-electron chi connectivity index (χ0n) is 17.8. The van der Waals surface area contributed by atoms with Crippen molar-refractivity contribution in [1.82, 2.24) is 10.2 Å². The first-order valence-corrected chi connectivity index (χ1v) is 11.6. The zero-order valence-corrected chi connectivity index (χ0v) is 19.5. The van der Waals surface area contributed by atoms with E-state index in [0.29, 0.717) is 27.2 Å². The van der Waals surface area contributed by atoms with E-state index in [4.69, 9.17) is 21.7 Å². The van der Waals surface area contributed by atoms with Gasteiger partial charge in [-0.3, -0.25) is 19.5 Å². The van der Waals surface area contributed by atoms with Gasteiger partial charge in [0.05, 0.1) is 9.76 Å². The second-order valence-corrected chi connectivity index (χ2v) is 9.44. The number of H-pyrrole nitrogens is 2. The van der Waals surface area contributed by atoms with Crippen LogP contribution in [0.4, 0.5) is 0 Å². The average molecular weight is 463 g/mol. The highest BCUT2D eigenvalue weighted by atomic mass is 32.2. The Morgan fingerprint density at radius 1 is 1.13 bits per heavy atom. The van der Waals surface area contributed by atoms with Gasteiger partial charge >= 0.3 is 11.9 Å². The van der Waals surface area contributed by atoms with Crippen molar-refractivity contribution in [3.8, 4) is 11.5 Å². The summed E-state index contributed by atoms with van der Waals surface area (Å²) in [6.45, 7) is 4.58. The number of rotatable bonds is 7. The Balaban J connectivity index is 1.61. The lowest BCUT2D eigenvalue weighted by Gasteiger charge is -2.27. The van der Waals surface area contributed by atoms with Gasteiger partial charge in [0.1, 0.15) is 11.5 Å². The van der Waals surface area contributed by atoms with Crippen LogP contribution in [0.1, 0.15) is 55.5 Å². The summed E-state index contributed by atoms with van der Waals surface area (Å²) in [5, 5.41) is 5.35. The number of aromatic amines is 2. The molecular weight excluding hydrogens is 436 g/mol. The van der Waals surface area contributed by atoms with Gasteiger partial charge in [0.15, 0.2) is 0 Å². The summed E-state index contributed by atoms with van der Waals surface area (Å²) in [5.74, 6) is 1.61. The predicted octanol–water partition coefficient (Wildman–Crippen LogP) is 3.86. The molecule has 1 aromatic carbocycles. The summed E-state index contributed by atoms with van der Waals surface area (Å²) in [4.78, 5) is 34.8. The van der Waals surface area contributed by atoms with E-state index in [1.54, 1.807) is 12.1 Å². The Morgan fingerprint density at radius 2 is 1.77 bits per heavy atom. The van der Waals surface area contributed by atoms with Gasteiger partial charge in [-0.05, 0) is 62.8 Å². The monoisotopic (exact) mass is 462 g/mol. The van der Waals surface area contributed by atoms with E-state index in [-0.39, 0.29) is 17.5 Å². The smallest absolute Gasteiger partial charge is 0.308 e. The summed E-state index contributed by atoms with van der Waals surface area (Å²) in [6.07, 6.45) is 4.45. The van der Waals surface area contributed by atoms with Crippen molar-refractivity contribution in [3.05, 3.63) is 44.9 Å². The summed E-state index contributed by atoms with van der Waals surface area (Å²) >= 11 is 6.93. The number of thioether (sulfide) groups is 1. The normalized spacial score (nSPS) is 15.3. The lowest BCUT2D eigenvalue weighted by atomic mass is 9.81. The summed E-state index contributed by atoms with van der Waals surface area (Å²) in [7, 11) is 0. The Labute approximate surface area is 190 Å². The number of hydrogen-bond donors (Lipinski definition) is 2. The fraction of sp³-hybridized carbons (Fsp3) is 0.455. The van der Waals surface area contributed by atoms with Crippen LogP contribution in [-0.2, 0) is 22.4 Å². The Morgan fingerprint density at radius 3 is 2.35 bits per heavy atom. The number of thiocarbonyl (C=S) groups is 1. The minimum absolute atomic E-state index is 0.180. The summed E-state index contributed by atoms with van der Waals surface area (Å²) in [6, 6.07) is 3.40. The SMILES string of the molecule is CC(=O)Oc1ccc(OC(C)=O)c2c1CCC(CCCSC(=S)c1c(C)[nH][nH]c1=O)C2. The number of benzene rings is 1. The van der Waals surface area contributed by atoms with Crippen LogP contribution in [0.2, 0.25) is 0 Å². The van der Waals surface area contributed by atoms with Crippen LogP contribution in [0.15, 0.2) is 16.9 Å². The highest BCUT2D eigenvalue weighted by Gasteiger charge is 2.26. The summed E-state index contributed by atoms with van der Waals surface area (Å²) in [5.41, 5.74) is 3.02. The van der Waals surface area contributed by atoms with E-state index in [1.807, 2.05) is 6.92 Å². The minimum atomic E-state index is -0.371. The largest absolute Gasteiger partial charge is 0.426 e. The molecule has 3 rings (SSSR count). The van der Waals surface area contributed by atoms with E-state index < -0.39 is 0 Å². The second-order valence-electron chi connectivity index (χ2n) is 7.67. The van der Waals surface area contributed by atoms with Gasteiger partial charge in [-0.25, -0.2) is 0 Å². The fourth-order valence-corrected chi connectivity index (χ4v) is 5.32. The van der Waals surface area contributed by atoms with Crippen molar-refractivity contribution in [3.63, 3.8) is 0 Å². The van der Waals surface area contributed by atoms with Crippen LogP contribution < -0.4 is 15.0 Å². The molecule has 0 fully saturated rings. The quantitative estimate of drug-likeness (QED) is 0.279. The van der Waals surface area contributed by atoms with Gasteiger partial charge in [0.25, 0.3) is 5.56 Å². The molecule has 1 atom stereocenters. The number of esters is 2. The van der Waals surface area contributed by atoms with Crippen molar-refractivity contribution < 1.29 is 19.1 Å². The predicted molar refractivity (Wildman–Crippen MR) is 124 cm³/mol. The number of aromatic nitrogens is 2. The van der Waals surface area contributed by atoms with Crippen LogP contribution in [0.5, 0.6) is 11.5 Å². The van der Waals surface area contributed by atoms with Crippen LogP contribution in [-0.4, -0.2) is 32.1 Å². The molecule has 166 valence electrons. The number of hydrogen-bond acceptors (Lipinski definition) is 7. The van der Waals surface area contributed by atoms with Gasteiger partial charge in [0, 0.05) is 30.7 Å². The number of carbonyl (C=O) groups excluding carboxylic acids is 2. The lowest BCUT2D eigenvalue weighted by Crippen LogP contribution is -2.18. The van der Waals surface area contributed by atoms with Crippen LogP contribution in [0.3, 0.4) is 0 Å². The van der Waals surface area contributed by atoms with Gasteiger partial charge in [-0.2, -0.15) is 0 Å². The molecule has 9 heteroatoms. The molecule has 0 bridgehead atoms. The zero-order chi connectivity index (χ0) is 22.5. The van der Waals surface area contributed by atoms with Gasteiger partial charge < -0.3 is 14.6 Å². The third-order valence-corrected chi connectivity index (χ3v) is 6.82. The first kappa shape index (κ1) is 23.3. The molecule has 2 aromatic rings. The highest BCUT2D eigenvalue weighted by Crippen LogP contribution is 2.39. The van der Waals surface area contributed by atoms with Crippen molar-refractivity contribution in [1.29, 1.82) is 0 Å². The fourth-order valence-electron chi connectivity index (χ4n) is 3.94. The number of ether oxygens (including phenoxy) is 2. The second kappa shape index (κ2) is 10.3. The van der Waals surface area contributed by atoms with Crippen LogP contribution in [0.25, 0.3) is 0 Å². The van der Waals surface area contributed by atoms with Crippen molar-refractivity contribution in [2.45, 2.75) is 52.9 Å². The Kier molecular flexibility index (Phi) is 7.72. The van der Waals surface area contributed by atoms with E-state index >= 15 is 0 Å². The molecule has 2 N–H and O–H groups in total. The van der Waals surface area contributed by atoms with Gasteiger partial charge in [-0.15, -0.1) is 11.8 Å². The first-order chi connectivity index (χ1) is 14.8. The minimum Gasteiger partial charge on any atom is -0.426 e. The molecule has 1 aliphatic carbocycles. The molecule has 0 spiro atoms. The van der Waals surface area contributed by atoms with Crippen LogP contribution >= 0.6 is 24.0 Å². The summed E-state index contributed by atoms with van der Waals surface area (Å²) < 4.78 is 11.4. The third-order valence-electron chi connectivity index (χ3n) is 5.31. The average Bonchev–Trinajstić information content (AvgIpc) is 3.04. The molecule has 1 heterocycles. The molecule has 1 unspecified atom stereocenters. The van der Waals surface area contributed by atoms with Crippen molar-refractivity contribution >= 4 is 40.1 Å². The molecule has 0 saturated carbocycles. The molecular formula is C22H26N2O5S2.